The number of aromatic nitrogens is 4. The fourth-order valence-corrected chi connectivity index (χ4v) is 12.3. The Balaban J connectivity index is 0.830. The van der Waals surface area contributed by atoms with Gasteiger partial charge in [0.25, 0.3) is 0 Å². The molecule has 6 heterocycles. The van der Waals surface area contributed by atoms with Crippen LogP contribution >= 0.6 is 0 Å². The monoisotopic (exact) mass is 964 g/mol. The molecule has 4 aliphatic rings. The number of anilines is 4. The normalized spacial score (nSPS) is 17.5. The van der Waals surface area contributed by atoms with Gasteiger partial charge in [-0.15, -0.1) is 0 Å². The third kappa shape index (κ3) is 6.45. The van der Waals surface area contributed by atoms with Crippen LogP contribution in [-0.4, -0.2) is 19.5 Å². The predicted molar refractivity (Wildman–Crippen MR) is 298 cm³/mol. The molecule has 16 rings (SSSR count). The van der Waals surface area contributed by atoms with Gasteiger partial charge < -0.3 is 18.9 Å². The van der Waals surface area contributed by atoms with Gasteiger partial charge in [0.1, 0.15) is 23.6 Å². The Morgan fingerprint density at radius 2 is 0.733 bits per heavy atom. The van der Waals surface area contributed by atoms with E-state index in [2.05, 4.69) is 215 Å². The third-order valence-corrected chi connectivity index (χ3v) is 15.7. The minimum absolute atomic E-state index is 0.0475. The van der Waals surface area contributed by atoms with E-state index < -0.39 is 0 Å². The maximum absolute atomic E-state index is 6.93. The molecule has 0 spiro atoms. The van der Waals surface area contributed by atoms with Crippen molar-refractivity contribution >= 4 is 44.8 Å². The summed E-state index contributed by atoms with van der Waals surface area (Å²) < 4.78 is 16.1. The van der Waals surface area contributed by atoms with Crippen molar-refractivity contribution in [1.82, 2.24) is 19.5 Å². The highest BCUT2D eigenvalue weighted by atomic mass is 16.5. The van der Waals surface area contributed by atoms with E-state index in [0.29, 0.717) is 17.6 Å². The van der Waals surface area contributed by atoms with Crippen molar-refractivity contribution in [2.24, 2.45) is 0 Å². The summed E-state index contributed by atoms with van der Waals surface area (Å²) in [5.41, 5.74) is 17.7. The lowest BCUT2D eigenvalue weighted by atomic mass is 9.96. The van der Waals surface area contributed by atoms with Gasteiger partial charge >= 0.3 is 0 Å². The minimum Gasteiger partial charge on any atom is -0.483 e. The molecular weight excluding hydrogens is 921 g/mol. The molecule has 10 aromatic carbocycles. The second-order valence-corrected chi connectivity index (χ2v) is 19.8. The van der Waals surface area contributed by atoms with Gasteiger partial charge in [0.05, 0.1) is 16.7 Å². The summed E-state index contributed by atoms with van der Waals surface area (Å²) in [4.78, 5) is 20.2. The lowest BCUT2D eigenvalue weighted by Gasteiger charge is -2.26. The van der Waals surface area contributed by atoms with Crippen LogP contribution in [0.5, 0.6) is 11.5 Å². The zero-order valence-electron chi connectivity index (χ0n) is 40.4. The highest BCUT2D eigenvalue weighted by molar-refractivity contribution is 6.11. The highest BCUT2D eigenvalue weighted by Crippen LogP contribution is 2.60. The van der Waals surface area contributed by atoms with E-state index in [1.54, 1.807) is 0 Å². The van der Waals surface area contributed by atoms with Gasteiger partial charge in [0.15, 0.2) is 23.9 Å². The van der Waals surface area contributed by atoms with Crippen LogP contribution in [0, 0.1) is 0 Å². The third-order valence-electron chi connectivity index (χ3n) is 15.7. The molecule has 0 N–H and O–H groups in total. The molecule has 4 aliphatic heterocycles. The van der Waals surface area contributed by atoms with Crippen LogP contribution in [0.25, 0.3) is 72.5 Å². The number of para-hydroxylation sites is 4. The summed E-state index contributed by atoms with van der Waals surface area (Å²) in [6, 6.07) is 86.0. The van der Waals surface area contributed by atoms with E-state index >= 15 is 0 Å². The van der Waals surface area contributed by atoms with Crippen molar-refractivity contribution in [2.75, 3.05) is 9.80 Å². The lowest BCUT2D eigenvalue weighted by Crippen LogP contribution is -2.23. The molecule has 0 radical (unpaired) electrons. The first kappa shape index (κ1) is 41.8. The zero-order valence-corrected chi connectivity index (χ0v) is 40.4. The van der Waals surface area contributed by atoms with Crippen molar-refractivity contribution in [3.8, 4) is 62.2 Å². The Bertz CT molecular complexity index is 4180. The number of fused-ring (bicyclic) bond motifs is 13. The van der Waals surface area contributed by atoms with Crippen LogP contribution in [-0.2, 0) is 0 Å². The quantitative estimate of drug-likeness (QED) is 0.158. The molecule has 4 unspecified atom stereocenters. The van der Waals surface area contributed by atoms with Crippen LogP contribution in [0.15, 0.2) is 243 Å². The number of benzene rings is 10. The summed E-state index contributed by atoms with van der Waals surface area (Å²) in [6.07, 6.45) is -0.412. The van der Waals surface area contributed by atoms with Gasteiger partial charge in [-0.2, -0.15) is 9.97 Å². The Kier molecular flexibility index (Phi) is 9.12. The summed E-state index contributed by atoms with van der Waals surface area (Å²) >= 11 is 0. The molecule has 8 heteroatoms. The fraction of sp³-hybridized carbons (Fsp3) is 0.0597. The van der Waals surface area contributed by atoms with E-state index in [9.17, 15) is 0 Å². The SMILES string of the molecule is c1ccc(-c2nc(-c3ccccc3)nc(N3c4ccc(-c5ccc6c(c5)c5cc(-c7ccc8c(c7)C7Oc9ccccc9C7N8c7ccccc7)ccc5n6-c5ccccc5)cc4C4Oc5ccccc5C43)n2)cc1. The maximum Gasteiger partial charge on any atom is 0.234 e. The summed E-state index contributed by atoms with van der Waals surface area (Å²) in [6.45, 7) is 0. The molecule has 0 bridgehead atoms. The second-order valence-electron chi connectivity index (χ2n) is 19.8. The van der Waals surface area contributed by atoms with Crippen molar-refractivity contribution in [1.29, 1.82) is 0 Å². The Hall–Kier alpha value is -9.79. The molecule has 0 fully saturated rings. The number of nitrogens with zero attached hydrogens (tertiary/aromatic N) is 6. The standard InChI is InChI=1S/C67H44N6O2/c1-5-17-41(18-6-1)65-68-66(42-19-7-2-8-20-42)70-67(69-65)73-58-36-32-46(40-54(58)64-62(73)50-26-14-16-28-60(50)75-64)44-30-34-56-52(38-44)51-37-43(29-33-55(51)71(56)47-21-9-3-10-22-47)45-31-35-57-53(39-45)63-61(49-25-13-15-27-59(49)74-63)72(57)48-23-11-4-12-24-48/h1-40,61-64H. The average Bonchev–Trinajstić information content (AvgIpc) is 4.29. The van der Waals surface area contributed by atoms with E-state index in [4.69, 9.17) is 24.4 Å². The minimum atomic E-state index is -0.285. The number of rotatable bonds is 7. The first-order valence-corrected chi connectivity index (χ1v) is 25.6. The topological polar surface area (TPSA) is 68.5 Å². The summed E-state index contributed by atoms with van der Waals surface area (Å²) in [5.74, 6) is 3.64. The van der Waals surface area contributed by atoms with Crippen LogP contribution in [0.3, 0.4) is 0 Å². The molecule has 0 saturated carbocycles. The predicted octanol–water partition coefficient (Wildman–Crippen LogP) is 16.3. The first-order valence-electron chi connectivity index (χ1n) is 25.6. The van der Waals surface area contributed by atoms with Crippen LogP contribution in [0.1, 0.15) is 46.5 Å². The molecule has 75 heavy (non-hydrogen) atoms. The second kappa shape index (κ2) is 16.4. The van der Waals surface area contributed by atoms with Crippen LogP contribution in [0.4, 0.5) is 23.0 Å². The highest BCUT2D eigenvalue weighted by Gasteiger charge is 2.49. The van der Waals surface area contributed by atoms with Gasteiger partial charge in [0, 0.05) is 61.2 Å². The van der Waals surface area contributed by atoms with E-state index in [1.165, 1.54) is 27.6 Å². The fourth-order valence-electron chi connectivity index (χ4n) is 12.3. The molecule has 0 aliphatic carbocycles. The first-order chi connectivity index (χ1) is 37.2. The molecule has 354 valence electrons. The molecular formula is C67H44N6O2. The van der Waals surface area contributed by atoms with E-state index in [0.717, 1.165) is 84.1 Å². The number of ether oxygens (including phenoxy) is 2. The van der Waals surface area contributed by atoms with E-state index in [-0.39, 0.29) is 24.3 Å². The van der Waals surface area contributed by atoms with Gasteiger partial charge in [0.2, 0.25) is 5.95 Å². The van der Waals surface area contributed by atoms with Gasteiger partial charge in [-0.25, -0.2) is 4.98 Å². The van der Waals surface area contributed by atoms with Gasteiger partial charge in [-0.05, 0) is 107 Å². The smallest absolute Gasteiger partial charge is 0.234 e. The molecule has 8 nitrogen and oxygen atoms in total. The van der Waals surface area contributed by atoms with Crippen molar-refractivity contribution in [3.05, 3.63) is 265 Å². The summed E-state index contributed by atoms with van der Waals surface area (Å²) in [7, 11) is 0. The van der Waals surface area contributed by atoms with Crippen LogP contribution in [0.2, 0.25) is 0 Å². The van der Waals surface area contributed by atoms with Crippen molar-refractivity contribution in [3.63, 3.8) is 0 Å². The Morgan fingerprint density at radius 3 is 1.25 bits per heavy atom. The Labute approximate surface area is 433 Å². The number of hydrogen-bond donors (Lipinski definition) is 0. The zero-order chi connectivity index (χ0) is 49.1. The van der Waals surface area contributed by atoms with E-state index in [1.807, 2.05) is 42.5 Å². The largest absolute Gasteiger partial charge is 0.483 e. The van der Waals surface area contributed by atoms with Crippen LogP contribution < -0.4 is 19.3 Å². The van der Waals surface area contributed by atoms with Crippen molar-refractivity contribution in [2.45, 2.75) is 24.3 Å². The molecule has 2 aromatic heterocycles. The molecule has 12 aromatic rings. The molecule has 4 atom stereocenters. The lowest BCUT2D eigenvalue weighted by molar-refractivity contribution is 0.223. The van der Waals surface area contributed by atoms with Gasteiger partial charge in [-0.1, -0.05) is 158 Å². The maximum atomic E-state index is 6.93. The van der Waals surface area contributed by atoms with Gasteiger partial charge in [-0.3, -0.25) is 4.90 Å². The molecule has 0 saturated heterocycles. The Morgan fingerprint density at radius 1 is 0.320 bits per heavy atom. The van der Waals surface area contributed by atoms with Crippen molar-refractivity contribution < 1.29 is 9.47 Å². The average molecular weight is 965 g/mol. The number of hydrogen-bond acceptors (Lipinski definition) is 7. The molecule has 0 amide bonds. The summed E-state index contributed by atoms with van der Waals surface area (Å²) in [5, 5.41) is 2.36.